The van der Waals surface area contributed by atoms with E-state index in [-0.39, 0.29) is 23.6 Å². The Hall–Kier alpha value is -2.63. The van der Waals surface area contributed by atoms with Crippen molar-refractivity contribution in [3.8, 4) is 0 Å². The summed E-state index contributed by atoms with van der Waals surface area (Å²) in [7, 11) is 1.59. The van der Waals surface area contributed by atoms with Crippen LogP contribution in [0.4, 0.5) is 0 Å². The van der Waals surface area contributed by atoms with Gasteiger partial charge in [-0.2, -0.15) is 0 Å². The molecule has 0 radical (unpaired) electrons. The van der Waals surface area contributed by atoms with Crippen LogP contribution in [-0.2, 0) is 9.59 Å². The maximum Gasteiger partial charge on any atom is 0.251 e. The molecule has 1 aliphatic heterocycles. The zero-order valence-corrected chi connectivity index (χ0v) is 15.5. The molecular formula is C20H27N3O3. The monoisotopic (exact) mass is 357 g/mol. The van der Waals surface area contributed by atoms with Crippen LogP contribution in [0, 0.1) is 5.92 Å². The number of carbonyl (C=O) groups excluding carboxylic acids is 3. The van der Waals surface area contributed by atoms with Gasteiger partial charge in [-0.1, -0.05) is 19.1 Å². The quantitative estimate of drug-likeness (QED) is 0.763. The van der Waals surface area contributed by atoms with Crippen molar-refractivity contribution in [3.63, 3.8) is 0 Å². The van der Waals surface area contributed by atoms with Crippen LogP contribution in [0.1, 0.15) is 42.1 Å². The lowest BCUT2D eigenvalue weighted by atomic mass is 9.97. The summed E-state index contributed by atoms with van der Waals surface area (Å²) < 4.78 is 0. The molecule has 0 aromatic heterocycles. The standard InChI is InChI=1S/C20H27N3O3/c1-3-12-22-20(26)17-5-4-13-23(14-17)18(24)11-8-15-6-9-16(10-7-15)19(25)21-2/h6-11,17H,3-5,12-14H2,1-2H3,(H,21,25)(H,22,26)/b11-8+. The number of nitrogens with zero attached hydrogens (tertiary/aromatic N) is 1. The van der Waals surface area contributed by atoms with Crippen molar-refractivity contribution in [2.24, 2.45) is 5.92 Å². The van der Waals surface area contributed by atoms with Gasteiger partial charge in [-0.05, 0) is 43.0 Å². The van der Waals surface area contributed by atoms with E-state index in [1.807, 2.05) is 6.92 Å². The molecule has 0 spiro atoms. The molecule has 2 N–H and O–H groups in total. The second kappa shape index (κ2) is 9.75. The van der Waals surface area contributed by atoms with Crippen LogP contribution in [-0.4, -0.2) is 49.3 Å². The van der Waals surface area contributed by atoms with Crippen molar-refractivity contribution >= 4 is 23.8 Å². The molecule has 26 heavy (non-hydrogen) atoms. The number of amides is 3. The summed E-state index contributed by atoms with van der Waals surface area (Å²) in [6.45, 7) is 3.84. The fourth-order valence-corrected chi connectivity index (χ4v) is 2.95. The van der Waals surface area contributed by atoms with Gasteiger partial charge in [-0.3, -0.25) is 14.4 Å². The highest BCUT2D eigenvalue weighted by Crippen LogP contribution is 2.17. The van der Waals surface area contributed by atoms with Crippen LogP contribution in [0.3, 0.4) is 0 Å². The SMILES string of the molecule is CCCNC(=O)C1CCCN(C(=O)/C=C/c2ccc(C(=O)NC)cc2)C1. The molecule has 1 saturated heterocycles. The number of benzene rings is 1. The van der Waals surface area contributed by atoms with Crippen LogP contribution in [0.2, 0.25) is 0 Å². The minimum absolute atomic E-state index is 0.0399. The van der Waals surface area contributed by atoms with E-state index >= 15 is 0 Å². The Morgan fingerprint density at radius 1 is 1.23 bits per heavy atom. The number of nitrogens with one attached hydrogen (secondary N) is 2. The van der Waals surface area contributed by atoms with Gasteiger partial charge in [0.25, 0.3) is 5.91 Å². The number of piperidine rings is 1. The molecular weight excluding hydrogens is 330 g/mol. The maximum atomic E-state index is 12.4. The Labute approximate surface area is 154 Å². The van der Waals surface area contributed by atoms with Gasteiger partial charge in [0.1, 0.15) is 0 Å². The molecule has 1 aliphatic rings. The minimum Gasteiger partial charge on any atom is -0.356 e. The van der Waals surface area contributed by atoms with E-state index < -0.39 is 0 Å². The first-order valence-electron chi connectivity index (χ1n) is 9.12. The molecule has 1 heterocycles. The molecule has 0 bridgehead atoms. The number of rotatable bonds is 6. The summed E-state index contributed by atoms with van der Waals surface area (Å²) in [5.74, 6) is -0.316. The van der Waals surface area contributed by atoms with Crippen LogP contribution in [0.5, 0.6) is 0 Å². The van der Waals surface area contributed by atoms with Crippen LogP contribution in [0.15, 0.2) is 30.3 Å². The van der Waals surface area contributed by atoms with Crippen LogP contribution < -0.4 is 10.6 Å². The Balaban J connectivity index is 1.92. The predicted molar refractivity (Wildman–Crippen MR) is 101 cm³/mol. The van der Waals surface area contributed by atoms with Gasteiger partial charge in [0.15, 0.2) is 0 Å². The molecule has 1 aromatic rings. The predicted octanol–water partition coefficient (Wildman–Crippen LogP) is 1.82. The van der Waals surface area contributed by atoms with Gasteiger partial charge in [-0.25, -0.2) is 0 Å². The fraction of sp³-hybridized carbons (Fsp3) is 0.450. The average Bonchev–Trinajstić information content (AvgIpc) is 2.70. The van der Waals surface area contributed by atoms with Gasteiger partial charge >= 0.3 is 0 Å². The average molecular weight is 357 g/mol. The molecule has 6 heteroatoms. The highest BCUT2D eigenvalue weighted by molar-refractivity contribution is 5.95. The second-order valence-corrected chi connectivity index (χ2v) is 6.45. The zero-order valence-electron chi connectivity index (χ0n) is 15.5. The highest BCUT2D eigenvalue weighted by Gasteiger charge is 2.27. The zero-order chi connectivity index (χ0) is 18.9. The molecule has 0 aliphatic carbocycles. The summed E-state index contributed by atoms with van der Waals surface area (Å²) in [6, 6.07) is 7.03. The van der Waals surface area contributed by atoms with E-state index in [0.29, 0.717) is 25.2 Å². The lowest BCUT2D eigenvalue weighted by Crippen LogP contribution is -2.45. The van der Waals surface area contributed by atoms with E-state index in [0.717, 1.165) is 24.8 Å². The number of likely N-dealkylation sites (tertiary alicyclic amines) is 1. The first-order valence-corrected chi connectivity index (χ1v) is 9.12. The van der Waals surface area contributed by atoms with Gasteiger partial charge in [0.05, 0.1) is 5.92 Å². The minimum atomic E-state index is -0.141. The van der Waals surface area contributed by atoms with Gasteiger partial charge < -0.3 is 15.5 Å². The smallest absolute Gasteiger partial charge is 0.251 e. The Kier molecular flexibility index (Phi) is 7.38. The lowest BCUT2D eigenvalue weighted by Gasteiger charge is -2.31. The third-order valence-corrected chi connectivity index (χ3v) is 4.47. The maximum absolute atomic E-state index is 12.4. The van der Waals surface area contributed by atoms with Crippen molar-refractivity contribution in [1.29, 1.82) is 0 Å². The lowest BCUT2D eigenvalue weighted by molar-refractivity contribution is -0.132. The normalized spacial score (nSPS) is 17.2. The summed E-state index contributed by atoms with van der Waals surface area (Å²) in [5, 5.41) is 5.48. The van der Waals surface area contributed by atoms with E-state index in [2.05, 4.69) is 10.6 Å². The number of carbonyl (C=O) groups is 3. The molecule has 1 unspecified atom stereocenters. The molecule has 1 atom stereocenters. The second-order valence-electron chi connectivity index (χ2n) is 6.45. The first-order chi connectivity index (χ1) is 12.5. The molecule has 1 aromatic carbocycles. The topological polar surface area (TPSA) is 78.5 Å². The highest BCUT2D eigenvalue weighted by atomic mass is 16.2. The third kappa shape index (κ3) is 5.44. The van der Waals surface area contributed by atoms with Crippen molar-refractivity contribution in [2.75, 3.05) is 26.7 Å². The first kappa shape index (κ1) is 19.7. The van der Waals surface area contributed by atoms with E-state index in [1.54, 1.807) is 42.3 Å². The van der Waals surface area contributed by atoms with Crippen LogP contribution in [0.25, 0.3) is 6.08 Å². The largest absolute Gasteiger partial charge is 0.356 e. The molecule has 6 nitrogen and oxygen atoms in total. The summed E-state index contributed by atoms with van der Waals surface area (Å²) >= 11 is 0. The molecule has 140 valence electrons. The third-order valence-electron chi connectivity index (χ3n) is 4.47. The molecule has 2 rings (SSSR count). The Morgan fingerprint density at radius 3 is 2.62 bits per heavy atom. The van der Waals surface area contributed by atoms with E-state index in [1.165, 1.54) is 6.08 Å². The van der Waals surface area contributed by atoms with Gasteiger partial charge in [0.2, 0.25) is 11.8 Å². The summed E-state index contributed by atoms with van der Waals surface area (Å²) in [5.41, 5.74) is 1.42. The summed E-state index contributed by atoms with van der Waals surface area (Å²) in [4.78, 5) is 37.8. The fourth-order valence-electron chi connectivity index (χ4n) is 2.95. The molecule has 0 saturated carbocycles. The van der Waals surface area contributed by atoms with Crippen molar-refractivity contribution < 1.29 is 14.4 Å². The van der Waals surface area contributed by atoms with Crippen LogP contribution >= 0.6 is 0 Å². The van der Waals surface area contributed by atoms with Gasteiger partial charge in [-0.15, -0.1) is 0 Å². The van der Waals surface area contributed by atoms with Gasteiger partial charge in [0, 0.05) is 38.3 Å². The van der Waals surface area contributed by atoms with Crippen molar-refractivity contribution in [3.05, 3.63) is 41.5 Å². The van der Waals surface area contributed by atoms with Crippen molar-refractivity contribution in [2.45, 2.75) is 26.2 Å². The van der Waals surface area contributed by atoms with E-state index in [9.17, 15) is 14.4 Å². The Morgan fingerprint density at radius 2 is 1.96 bits per heavy atom. The number of hydrogen-bond acceptors (Lipinski definition) is 3. The summed E-state index contributed by atoms with van der Waals surface area (Å²) in [6.07, 6.45) is 5.83. The van der Waals surface area contributed by atoms with Crippen molar-refractivity contribution in [1.82, 2.24) is 15.5 Å². The molecule has 1 fully saturated rings. The number of hydrogen-bond donors (Lipinski definition) is 2. The molecule has 3 amide bonds. The van der Waals surface area contributed by atoms with E-state index in [4.69, 9.17) is 0 Å². The Bertz CT molecular complexity index is 667.